The third kappa shape index (κ3) is 4.79. The van der Waals surface area contributed by atoms with E-state index in [1.165, 1.54) is 6.07 Å². The van der Waals surface area contributed by atoms with Crippen molar-refractivity contribution in [2.75, 3.05) is 6.61 Å². The van der Waals surface area contributed by atoms with Crippen molar-refractivity contribution in [2.45, 2.75) is 44.7 Å². The number of hydrogen-bond donors (Lipinski definition) is 0. The van der Waals surface area contributed by atoms with E-state index < -0.39 is 11.7 Å². The number of alkyl halides is 3. The molecule has 0 aliphatic heterocycles. The zero-order valence-corrected chi connectivity index (χ0v) is 16.1. The van der Waals surface area contributed by atoms with Crippen LogP contribution in [0.2, 0.25) is 5.02 Å². The number of ether oxygens (including phenoxy) is 2. The van der Waals surface area contributed by atoms with E-state index in [1.54, 1.807) is 13.0 Å². The molecule has 3 nitrogen and oxygen atoms in total. The zero-order chi connectivity index (χ0) is 20.3. The smallest absolute Gasteiger partial charge is 0.416 e. The Bertz CT molecular complexity index is 864. The van der Waals surface area contributed by atoms with Crippen LogP contribution in [0.15, 0.2) is 36.4 Å². The van der Waals surface area contributed by atoms with Crippen LogP contribution in [0.3, 0.4) is 0 Å². The molecule has 0 N–H and O–H groups in total. The molecule has 1 aliphatic rings. The fourth-order valence-electron chi connectivity index (χ4n) is 3.47. The van der Waals surface area contributed by atoms with E-state index in [0.29, 0.717) is 18.8 Å². The Morgan fingerprint density at radius 2 is 2.00 bits per heavy atom. The Morgan fingerprint density at radius 1 is 1.21 bits per heavy atom. The van der Waals surface area contributed by atoms with Gasteiger partial charge in [-0.05, 0) is 73.6 Å². The lowest BCUT2D eigenvalue weighted by Gasteiger charge is -2.25. The number of halogens is 4. The van der Waals surface area contributed by atoms with E-state index >= 15 is 0 Å². The molecule has 2 aromatic rings. The van der Waals surface area contributed by atoms with Crippen LogP contribution < -0.4 is 4.74 Å². The molecule has 150 valence electrons. The van der Waals surface area contributed by atoms with Gasteiger partial charge in [0.25, 0.3) is 0 Å². The SMILES string of the molecule is CCOC(=O)C[C@@H]1CCCc2cc(Oc3ccc(C(F)(F)F)cc3Cl)ccc21. The molecule has 2 aromatic carbocycles. The van der Waals surface area contributed by atoms with E-state index in [-0.39, 0.29) is 22.7 Å². The van der Waals surface area contributed by atoms with Gasteiger partial charge in [0.2, 0.25) is 0 Å². The summed E-state index contributed by atoms with van der Waals surface area (Å²) in [5, 5.41) is -0.104. The van der Waals surface area contributed by atoms with E-state index in [9.17, 15) is 18.0 Å². The summed E-state index contributed by atoms with van der Waals surface area (Å²) in [5.41, 5.74) is 1.34. The molecule has 0 spiro atoms. The summed E-state index contributed by atoms with van der Waals surface area (Å²) >= 11 is 5.96. The van der Waals surface area contributed by atoms with Crippen LogP contribution in [0.1, 0.15) is 48.8 Å². The van der Waals surface area contributed by atoms with Crippen LogP contribution in [-0.4, -0.2) is 12.6 Å². The Balaban J connectivity index is 1.78. The van der Waals surface area contributed by atoms with Crippen LogP contribution in [0.4, 0.5) is 13.2 Å². The molecule has 28 heavy (non-hydrogen) atoms. The van der Waals surface area contributed by atoms with Crippen LogP contribution >= 0.6 is 11.6 Å². The molecule has 1 atom stereocenters. The number of fused-ring (bicyclic) bond motifs is 1. The highest BCUT2D eigenvalue weighted by Crippen LogP contribution is 2.39. The second kappa shape index (κ2) is 8.43. The molecular weight excluding hydrogens is 393 g/mol. The summed E-state index contributed by atoms with van der Waals surface area (Å²) in [6.07, 6.45) is -1.40. The number of aryl methyl sites for hydroxylation is 1. The van der Waals surface area contributed by atoms with Gasteiger partial charge in [-0.15, -0.1) is 0 Å². The van der Waals surface area contributed by atoms with Gasteiger partial charge in [0.15, 0.2) is 0 Å². The highest BCUT2D eigenvalue weighted by atomic mass is 35.5. The summed E-state index contributed by atoms with van der Waals surface area (Å²) in [6.45, 7) is 2.14. The van der Waals surface area contributed by atoms with Gasteiger partial charge < -0.3 is 9.47 Å². The predicted octanol–water partition coefficient (Wildman–Crippen LogP) is 6.52. The summed E-state index contributed by atoms with van der Waals surface area (Å²) in [7, 11) is 0. The number of carbonyl (C=O) groups excluding carboxylic acids is 1. The molecule has 0 amide bonds. The van der Waals surface area contributed by atoms with Crippen LogP contribution in [0.25, 0.3) is 0 Å². The monoisotopic (exact) mass is 412 g/mol. The van der Waals surface area contributed by atoms with Gasteiger partial charge in [0.05, 0.1) is 23.6 Å². The molecular formula is C21H20ClF3O3. The van der Waals surface area contributed by atoms with Crippen molar-refractivity contribution >= 4 is 17.6 Å². The van der Waals surface area contributed by atoms with Crippen LogP contribution in [0.5, 0.6) is 11.5 Å². The average molecular weight is 413 g/mol. The lowest BCUT2D eigenvalue weighted by Crippen LogP contribution is -2.15. The van der Waals surface area contributed by atoms with E-state index in [4.69, 9.17) is 21.1 Å². The van der Waals surface area contributed by atoms with Crippen molar-refractivity contribution in [1.82, 2.24) is 0 Å². The first kappa shape index (κ1) is 20.5. The van der Waals surface area contributed by atoms with Gasteiger partial charge in [-0.2, -0.15) is 13.2 Å². The van der Waals surface area contributed by atoms with Gasteiger partial charge in [-0.1, -0.05) is 17.7 Å². The van der Waals surface area contributed by atoms with Crippen molar-refractivity contribution in [3.8, 4) is 11.5 Å². The molecule has 0 heterocycles. The first-order valence-electron chi connectivity index (χ1n) is 9.11. The number of carbonyl (C=O) groups is 1. The zero-order valence-electron chi connectivity index (χ0n) is 15.3. The lowest BCUT2D eigenvalue weighted by atomic mass is 9.81. The molecule has 0 fully saturated rings. The fourth-order valence-corrected chi connectivity index (χ4v) is 3.69. The Morgan fingerprint density at radius 3 is 2.68 bits per heavy atom. The molecule has 3 rings (SSSR count). The molecule has 7 heteroatoms. The van der Waals surface area contributed by atoms with Crippen molar-refractivity contribution in [1.29, 1.82) is 0 Å². The van der Waals surface area contributed by atoms with E-state index in [2.05, 4.69) is 0 Å². The quantitative estimate of drug-likeness (QED) is 0.524. The number of esters is 1. The Labute approximate surface area is 166 Å². The normalized spacial score (nSPS) is 16.4. The minimum Gasteiger partial charge on any atom is -0.466 e. The van der Waals surface area contributed by atoms with Crippen LogP contribution in [0, 0.1) is 0 Å². The van der Waals surface area contributed by atoms with E-state index in [0.717, 1.165) is 42.5 Å². The summed E-state index contributed by atoms with van der Waals surface area (Å²) in [6, 6.07) is 8.52. The summed E-state index contributed by atoms with van der Waals surface area (Å²) in [4.78, 5) is 11.8. The van der Waals surface area contributed by atoms with Gasteiger partial charge in [0, 0.05) is 0 Å². The molecule has 0 aromatic heterocycles. The third-order valence-electron chi connectivity index (χ3n) is 4.76. The highest BCUT2D eigenvalue weighted by molar-refractivity contribution is 6.32. The molecule has 0 unspecified atom stereocenters. The number of benzene rings is 2. The van der Waals surface area contributed by atoms with Crippen molar-refractivity contribution in [2.24, 2.45) is 0 Å². The standard InChI is InChI=1S/C21H20ClF3O3/c1-2-27-20(26)11-14-5-3-4-13-10-16(7-8-17(13)14)28-19-9-6-15(12-18(19)22)21(23,24)25/h6-10,12,14H,2-5,11H2,1H3/t14-/m0/s1. The maximum atomic E-state index is 12.8. The molecule has 0 saturated carbocycles. The topological polar surface area (TPSA) is 35.5 Å². The first-order valence-corrected chi connectivity index (χ1v) is 9.48. The van der Waals surface area contributed by atoms with Gasteiger partial charge in [0.1, 0.15) is 11.5 Å². The average Bonchev–Trinajstić information content (AvgIpc) is 2.63. The highest BCUT2D eigenvalue weighted by Gasteiger charge is 2.31. The second-order valence-corrected chi connectivity index (χ2v) is 7.11. The Hall–Kier alpha value is -2.21. The largest absolute Gasteiger partial charge is 0.466 e. The predicted molar refractivity (Wildman–Crippen MR) is 99.9 cm³/mol. The summed E-state index contributed by atoms with van der Waals surface area (Å²) in [5.74, 6) is 0.550. The minimum absolute atomic E-state index is 0.103. The molecule has 0 radical (unpaired) electrons. The summed E-state index contributed by atoms with van der Waals surface area (Å²) < 4.78 is 49.0. The molecule has 0 saturated heterocycles. The molecule has 0 bridgehead atoms. The van der Waals surface area contributed by atoms with E-state index in [1.807, 2.05) is 12.1 Å². The minimum atomic E-state index is -4.46. The van der Waals surface area contributed by atoms with Crippen molar-refractivity contribution in [3.63, 3.8) is 0 Å². The number of rotatable bonds is 5. The Kier molecular flexibility index (Phi) is 6.18. The van der Waals surface area contributed by atoms with Crippen molar-refractivity contribution in [3.05, 3.63) is 58.1 Å². The maximum Gasteiger partial charge on any atom is 0.416 e. The van der Waals surface area contributed by atoms with Gasteiger partial charge in [-0.25, -0.2) is 0 Å². The van der Waals surface area contributed by atoms with Crippen molar-refractivity contribution < 1.29 is 27.4 Å². The molecule has 1 aliphatic carbocycles. The fraction of sp³-hybridized carbons (Fsp3) is 0.381. The maximum absolute atomic E-state index is 12.8. The number of hydrogen-bond acceptors (Lipinski definition) is 3. The first-order chi connectivity index (χ1) is 13.3. The van der Waals surface area contributed by atoms with Gasteiger partial charge in [-0.3, -0.25) is 4.79 Å². The van der Waals surface area contributed by atoms with Crippen LogP contribution in [-0.2, 0) is 22.1 Å². The third-order valence-corrected chi connectivity index (χ3v) is 5.05. The van der Waals surface area contributed by atoms with Gasteiger partial charge >= 0.3 is 12.1 Å². The second-order valence-electron chi connectivity index (χ2n) is 6.70. The lowest BCUT2D eigenvalue weighted by molar-refractivity contribution is -0.143.